The van der Waals surface area contributed by atoms with Crippen LogP contribution in [0.25, 0.3) is 11.3 Å². The summed E-state index contributed by atoms with van der Waals surface area (Å²) in [6.45, 7) is 3.19. The lowest BCUT2D eigenvalue weighted by Crippen LogP contribution is -2.10. The summed E-state index contributed by atoms with van der Waals surface area (Å²) in [5, 5.41) is 13.5. The summed E-state index contributed by atoms with van der Waals surface area (Å²) < 4.78 is 25.8. The van der Waals surface area contributed by atoms with E-state index >= 15 is 0 Å². The molecule has 0 saturated heterocycles. The molecule has 0 aliphatic rings. The normalized spacial score (nSPS) is 11.6. The van der Waals surface area contributed by atoms with Crippen LogP contribution in [0, 0.1) is 13.8 Å². The number of carboxylic acids is 1. The highest BCUT2D eigenvalue weighted by molar-refractivity contribution is 7.90. The molecule has 2 rings (SSSR count). The lowest BCUT2D eigenvalue weighted by atomic mass is 9.97. The summed E-state index contributed by atoms with van der Waals surface area (Å²) in [4.78, 5) is 11.5. The first-order chi connectivity index (χ1) is 9.62. The van der Waals surface area contributed by atoms with Crippen LogP contribution in [0.5, 0.6) is 0 Å². The number of carbonyl (C=O) groups is 1. The maximum Gasteiger partial charge on any atom is 0.335 e. The van der Waals surface area contributed by atoms with Crippen molar-refractivity contribution in [2.45, 2.75) is 18.7 Å². The smallest absolute Gasteiger partial charge is 0.335 e. The van der Waals surface area contributed by atoms with Gasteiger partial charge in [0.2, 0.25) is 0 Å². The third-order valence-corrected chi connectivity index (χ3v) is 4.56. The van der Waals surface area contributed by atoms with Gasteiger partial charge >= 0.3 is 5.97 Å². The number of rotatable bonds is 3. The highest BCUT2D eigenvalue weighted by Crippen LogP contribution is 2.34. The fourth-order valence-corrected chi connectivity index (χ4v) is 3.72. The first kappa shape index (κ1) is 15.2. The van der Waals surface area contributed by atoms with Gasteiger partial charge in [-0.1, -0.05) is 0 Å². The standard InChI is InChI=1S/C14H16N2O4S/c1-8-7-10(14(17)18)9(2)12(13(8)21(4,19)20)11-5-6-16(3)15-11/h5-7H,1-4H3,(H,17,18). The molecule has 0 unspecified atom stereocenters. The van der Waals surface area contributed by atoms with Crippen LogP contribution in [-0.4, -0.2) is 35.5 Å². The zero-order valence-electron chi connectivity index (χ0n) is 12.2. The van der Waals surface area contributed by atoms with Gasteiger partial charge in [-0.3, -0.25) is 4.68 Å². The summed E-state index contributed by atoms with van der Waals surface area (Å²) >= 11 is 0. The van der Waals surface area contributed by atoms with E-state index in [9.17, 15) is 18.3 Å². The Morgan fingerprint density at radius 1 is 1.33 bits per heavy atom. The lowest BCUT2D eigenvalue weighted by Gasteiger charge is -2.15. The Hall–Kier alpha value is -2.15. The second kappa shape index (κ2) is 5.00. The van der Waals surface area contributed by atoms with Gasteiger partial charge in [-0.2, -0.15) is 5.10 Å². The van der Waals surface area contributed by atoms with Gasteiger partial charge in [-0.25, -0.2) is 13.2 Å². The summed E-state index contributed by atoms with van der Waals surface area (Å²) in [7, 11) is -1.80. The molecule has 21 heavy (non-hydrogen) atoms. The van der Waals surface area contributed by atoms with Crippen molar-refractivity contribution in [2.75, 3.05) is 6.26 Å². The molecule has 7 heteroatoms. The van der Waals surface area contributed by atoms with Gasteiger partial charge in [0.05, 0.1) is 16.2 Å². The molecule has 0 aliphatic heterocycles. The maximum absolute atomic E-state index is 12.1. The van der Waals surface area contributed by atoms with Gasteiger partial charge in [0.1, 0.15) is 0 Å². The second-order valence-corrected chi connectivity index (χ2v) is 6.97. The van der Waals surface area contributed by atoms with Crippen molar-refractivity contribution in [2.24, 2.45) is 7.05 Å². The van der Waals surface area contributed by atoms with E-state index in [1.165, 1.54) is 6.07 Å². The van der Waals surface area contributed by atoms with Gasteiger partial charge in [-0.05, 0) is 37.1 Å². The van der Waals surface area contributed by atoms with Crippen LogP contribution >= 0.6 is 0 Å². The molecule has 0 atom stereocenters. The van der Waals surface area contributed by atoms with E-state index in [1.54, 1.807) is 37.8 Å². The van der Waals surface area contributed by atoms with Gasteiger partial charge in [0.25, 0.3) is 0 Å². The van der Waals surface area contributed by atoms with Crippen molar-refractivity contribution in [1.29, 1.82) is 0 Å². The van der Waals surface area contributed by atoms with Gasteiger partial charge in [0, 0.05) is 25.1 Å². The minimum Gasteiger partial charge on any atom is -0.478 e. The molecule has 0 spiro atoms. The van der Waals surface area contributed by atoms with E-state index in [-0.39, 0.29) is 10.5 Å². The van der Waals surface area contributed by atoms with Crippen LogP contribution in [0.3, 0.4) is 0 Å². The average molecular weight is 308 g/mol. The Morgan fingerprint density at radius 3 is 2.38 bits per heavy atom. The van der Waals surface area contributed by atoms with Crippen LogP contribution in [0.4, 0.5) is 0 Å². The van der Waals surface area contributed by atoms with Crippen molar-refractivity contribution in [3.8, 4) is 11.3 Å². The van der Waals surface area contributed by atoms with Crippen molar-refractivity contribution in [1.82, 2.24) is 9.78 Å². The number of benzene rings is 1. The fourth-order valence-electron chi connectivity index (χ4n) is 2.45. The van der Waals surface area contributed by atoms with E-state index in [1.807, 2.05) is 0 Å². The molecule has 1 heterocycles. The second-order valence-electron chi connectivity index (χ2n) is 5.02. The number of hydrogen-bond acceptors (Lipinski definition) is 4. The molecule has 6 nitrogen and oxygen atoms in total. The van der Waals surface area contributed by atoms with Crippen molar-refractivity contribution in [3.63, 3.8) is 0 Å². The van der Waals surface area contributed by atoms with Gasteiger partial charge in [0.15, 0.2) is 9.84 Å². The molecule has 0 fully saturated rings. The first-order valence-electron chi connectivity index (χ1n) is 6.20. The van der Waals surface area contributed by atoms with E-state index in [4.69, 9.17) is 0 Å². The number of hydrogen-bond donors (Lipinski definition) is 1. The van der Waals surface area contributed by atoms with Crippen LogP contribution in [0.2, 0.25) is 0 Å². The molecule has 0 radical (unpaired) electrons. The molecular weight excluding hydrogens is 292 g/mol. The minimum atomic E-state index is -3.51. The fraction of sp³-hybridized carbons (Fsp3) is 0.286. The van der Waals surface area contributed by atoms with Crippen molar-refractivity contribution < 1.29 is 18.3 Å². The van der Waals surface area contributed by atoms with Crippen molar-refractivity contribution >= 4 is 15.8 Å². The zero-order valence-corrected chi connectivity index (χ0v) is 13.0. The lowest BCUT2D eigenvalue weighted by molar-refractivity contribution is 0.0696. The Balaban J connectivity index is 2.96. The quantitative estimate of drug-likeness (QED) is 0.934. The third kappa shape index (κ3) is 2.69. The van der Waals surface area contributed by atoms with Crippen LogP contribution < -0.4 is 0 Å². The van der Waals surface area contributed by atoms with Gasteiger partial charge < -0.3 is 5.11 Å². The Morgan fingerprint density at radius 2 is 1.95 bits per heavy atom. The highest BCUT2D eigenvalue weighted by Gasteiger charge is 2.25. The summed E-state index contributed by atoms with van der Waals surface area (Å²) in [5.74, 6) is -1.09. The predicted molar refractivity (Wildman–Crippen MR) is 78.2 cm³/mol. The molecule has 112 valence electrons. The first-order valence-corrected chi connectivity index (χ1v) is 8.09. The zero-order chi connectivity index (χ0) is 15.9. The van der Waals surface area contributed by atoms with Crippen LogP contribution in [0.15, 0.2) is 23.2 Å². The minimum absolute atomic E-state index is 0.0838. The SMILES string of the molecule is Cc1cc(C(=O)O)c(C)c(-c2ccn(C)n2)c1S(C)(=O)=O. The average Bonchev–Trinajstić information content (AvgIpc) is 2.75. The molecule has 2 aromatic rings. The summed E-state index contributed by atoms with van der Waals surface area (Å²) in [6.07, 6.45) is 2.80. The van der Waals surface area contributed by atoms with E-state index in [0.29, 0.717) is 22.4 Å². The molecule has 0 bridgehead atoms. The third-order valence-electron chi connectivity index (χ3n) is 3.30. The van der Waals surface area contributed by atoms with E-state index in [2.05, 4.69) is 5.10 Å². The summed E-state index contributed by atoms with van der Waals surface area (Å²) in [5.41, 5.74) is 1.69. The van der Waals surface area contributed by atoms with Crippen LogP contribution in [0.1, 0.15) is 21.5 Å². The van der Waals surface area contributed by atoms with Crippen LogP contribution in [-0.2, 0) is 16.9 Å². The molecular formula is C14H16N2O4S. The molecule has 1 N–H and O–H groups in total. The molecule has 0 saturated carbocycles. The number of aromatic carboxylic acids is 1. The monoisotopic (exact) mass is 308 g/mol. The van der Waals surface area contributed by atoms with E-state index < -0.39 is 15.8 Å². The Kier molecular flexibility index (Phi) is 3.63. The highest BCUT2D eigenvalue weighted by atomic mass is 32.2. The predicted octanol–water partition coefficient (Wildman–Crippen LogP) is 1.81. The number of aromatic nitrogens is 2. The number of sulfone groups is 1. The number of nitrogens with zero attached hydrogens (tertiary/aromatic N) is 2. The maximum atomic E-state index is 12.1. The van der Waals surface area contributed by atoms with E-state index in [0.717, 1.165) is 6.26 Å². The Labute approximate surface area is 123 Å². The molecule has 0 aliphatic carbocycles. The van der Waals surface area contributed by atoms with Gasteiger partial charge in [-0.15, -0.1) is 0 Å². The Bertz CT molecular complexity index is 835. The summed E-state index contributed by atoms with van der Waals surface area (Å²) in [6, 6.07) is 3.06. The molecule has 1 aromatic carbocycles. The number of carboxylic acid groups (broad SMARTS) is 1. The van der Waals surface area contributed by atoms with Crippen molar-refractivity contribution in [3.05, 3.63) is 35.0 Å². The molecule has 1 aromatic heterocycles. The number of aryl methyl sites for hydroxylation is 2. The molecule has 0 amide bonds. The largest absolute Gasteiger partial charge is 0.478 e. The topological polar surface area (TPSA) is 89.3 Å².